The molecule has 0 spiro atoms. The van der Waals surface area contributed by atoms with Crippen LogP contribution in [0.2, 0.25) is 0 Å². The highest BCUT2D eigenvalue weighted by Crippen LogP contribution is 2.33. The van der Waals surface area contributed by atoms with E-state index in [1.807, 2.05) is 60.7 Å². The minimum absolute atomic E-state index is 0.475. The van der Waals surface area contributed by atoms with Crippen LogP contribution < -0.4 is 10.6 Å². The molecule has 0 aliphatic carbocycles. The van der Waals surface area contributed by atoms with E-state index < -0.39 is 0 Å². The van der Waals surface area contributed by atoms with Gasteiger partial charge in [0.05, 0.1) is 11.4 Å². The second-order valence-corrected chi connectivity index (χ2v) is 5.21. The average molecular weight is 316 g/mol. The average Bonchev–Trinajstić information content (AvgIpc) is 2.64. The van der Waals surface area contributed by atoms with Crippen LogP contribution in [0.15, 0.2) is 72.8 Å². The van der Waals surface area contributed by atoms with Crippen LogP contribution in [0.3, 0.4) is 0 Å². The van der Waals surface area contributed by atoms with E-state index in [4.69, 9.17) is 0 Å². The standard InChI is InChI=1S/C20H16N2O2/c23-13-15-11-12-16(14-24)20(22-18-9-5-2-6-10-18)19(15)21-17-7-3-1-4-8-17/h1-14,21-22H. The molecule has 4 nitrogen and oxygen atoms in total. The number of benzene rings is 3. The van der Waals surface area contributed by atoms with Crippen molar-refractivity contribution in [1.29, 1.82) is 0 Å². The fourth-order valence-electron chi connectivity index (χ4n) is 2.43. The highest BCUT2D eigenvalue weighted by Gasteiger charge is 2.14. The van der Waals surface area contributed by atoms with Crippen molar-refractivity contribution in [2.75, 3.05) is 10.6 Å². The first-order valence-electron chi connectivity index (χ1n) is 7.53. The Bertz CT molecular complexity index is 774. The molecular weight excluding hydrogens is 300 g/mol. The van der Waals surface area contributed by atoms with Gasteiger partial charge >= 0.3 is 0 Å². The van der Waals surface area contributed by atoms with Gasteiger partial charge in [0.2, 0.25) is 0 Å². The Morgan fingerprint density at radius 1 is 0.542 bits per heavy atom. The molecule has 0 atom stereocenters. The summed E-state index contributed by atoms with van der Waals surface area (Å²) >= 11 is 0. The first-order valence-corrected chi connectivity index (χ1v) is 7.53. The number of nitrogens with one attached hydrogen (secondary N) is 2. The number of para-hydroxylation sites is 2. The lowest BCUT2D eigenvalue weighted by Gasteiger charge is -2.18. The van der Waals surface area contributed by atoms with Crippen molar-refractivity contribution in [3.63, 3.8) is 0 Å². The molecule has 0 aliphatic heterocycles. The van der Waals surface area contributed by atoms with E-state index in [1.54, 1.807) is 12.1 Å². The molecule has 0 aliphatic rings. The van der Waals surface area contributed by atoms with Gasteiger partial charge in [-0.05, 0) is 36.4 Å². The van der Waals surface area contributed by atoms with Gasteiger partial charge in [-0.2, -0.15) is 0 Å². The van der Waals surface area contributed by atoms with Crippen LogP contribution in [0.25, 0.3) is 0 Å². The number of anilines is 4. The molecule has 3 aromatic carbocycles. The monoisotopic (exact) mass is 316 g/mol. The Balaban J connectivity index is 2.09. The molecule has 0 saturated heterocycles. The van der Waals surface area contributed by atoms with Crippen molar-refractivity contribution in [3.05, 3.63) is 83.9 Å². The van der Waals surface area contributed by atoms with Crippen molar-refractivity contribution >= 4 is 35.3 Å². The molecule has 0 fully saturated rings. The molecule has 0 unspecified atom stereocenters. The van der Waals surface area contributed by atoms with Crippen molar-refractivity contribution in [2.45, 2.75) is 0 Å². The van der Waals surface area contributed by atoms with Crippen LogP contribution in [-0.4, -0.2) is 12.6 Å². The van der Waals surface area contributed by atoms with Crippen LogP contribution in [0.4, 0.5) is 22.7 Å². The predicted molar refractivity (Wildman–Crippen MR) is 96.7 cm³/mol. The topological polar surface area (TPSA) is 58.2 Å². The SMILES string of the molecule is O=Cc1ccc(C=O)c(Nc2ccccc2)c1Nc1ccccc1. The summed E-state index contributed by atoms with van der Waals surface area (Å²) in [7, 11) is 0. The van der Waals surface area contributed by atoms with E-state index in [0.717, 1.165) is 23.9 Å². The summed E-state index contributed by atoms with van der Waals surface area (Å²) in [6.45, 7) is 0. The molecule has 118 valence electrons. The highest BCUT2D eigenvalue weighted by molar-refractivity contribution is 6.00. The Morgan fingerprint density at radius 3 is 1.25 bits per heavy atom. The summed E-state index contributed by atoms with van der Waals surface area (Å²) in [6.07, 6.45) is 1.55. The molecule has 0 radical (unpaired) electrons. The van der Waals surface area contributed by atoms with Crippen LogP contribution in [0.1, 0.15) is 20.7 Å². The summed E-state index contributed by atoms with van der Waals surface area (Å²) in [4.78, 5) is 22.9. The van der Waals surface area contributed by atoms with E-state index in [-0.39, 0.29) is 0 Å². The lowest BCUT2D eigenvalue weighted by atomic mass is 10.1. The maximum Gasteiger partial charge on any atom is 0.152 e. The number of hydrogen-bond acceptors (Lipinski definition) is 4. The van der Waals surface area contributed by atoms with Gasteiger partial charge in [-0.1, -0.05) is 36.4 Å². The van der Waals surface area contributed by atoms with Gasteiger partial charge in [-0.15, -0.1) is 0 Å². The third kappa shape index (κ3) is 3.33. The van der Waals surface area contributed by atoms with Crippen molar-refractivity contribution < 1.29 is 9.59 Å². The zero-order chi connectivity index (χ0) is 16.8. The summed E-state index contributed by atoms with van der Waals surface area (Å²) in [5.74, 6) is 0. The first kappa shape index (κ1) is 15.5. The van der Waals surface area contributed by atoms with E-state index in [2.05, 4.69) is 10.6 Å². The third-order valence-corrected chi connectivity index (χ3v) is 3.61. The summed E-state index contributed by atoms with van der Waals surface area (Å²) in [5, 5.41) is 6.47. The van der Waals surface area contributed by atoms with Gasteiger partial charge < -0.3 is 10.6 Å². The van der Waals surface area contributed by atoms with E-state index in [0.29, 0.717) is 22.5 Å². The second-order valence-electron chi connectivity index (χ2n) is 5.21. The number of hydrogen-bond donors (Lipinski definition) is 2. The van der Waals surface area contributed by atoms with E-state index >= 15 is 0 Å². The van der Waals surface area contributed by atoms with Gasteiger partial charge in [-0.3, -0.25) is 9.59 Å². The smallest absolute Gasteiger partial charge is 0.152 e. The minimum Gasteiger partial charge on any atom is -0.353 e. The third-order valence-electron chi connectivity index (χ3n) is 3.61. The van der Waals surface area contributed by atoms with Crippen LogP contribution in [0, 0.1) is 0 Å². The Labute approximate surface area is 140 Å². The van der Waals surface area contributed by atoms with Crippen LogP contribution in [-0.2, 0) is 0 Å². The summed E-state index contributed by atoms with van der Waals surface area (Å²) in [5.41, 5.74) is 3.76. The molecule has 3 rings (SSSR count). The van der Waals surface area contributed by atoms with Gasteiger partial charge in [0.1, 0.15) is 0 Å². The van der Waals surface area contributed by atoms with Gasteiger partial charge in [0.25, 0.3) is 0 Å². The Hall–Kier alpha value is -3.40. The molecule has 2 N–H and O–H groups in total. The van der Waals surface area contributed by atoms with Crippen molar-refractivity contribution in [3.8, 4) is 0 Å². The molecule has 3 aromatic rings. The molecule has 0 amide bonds. The molecule has 0 saturated carbocycles. The zero-order valence-electron chi connectivity index (χ0n) is 12.9. The van der Waals surface area contributed by atoms with E-state index in [1.165, 1.54) is 0 Å². The van der Waals surface area contributed by atoms with Crippen LogP contribution >= 0.6 is 0 Å². The quantitative estimate of drug-likeness (QED) is 0.641. The summed E-state index contributed by atoms with van der Waals surface area (Å²) < 4.78 is 0. The van der Waals surface area contributed by atoms with E-state index in [9.17, 15) is 9.59 Å². The molecule has 0 bridgehead atoms. The van der Waals surface area contributed by atoms with Crippen LogP contribution in [0.5, 0.6) is 0 Å². The number of carbonyl (C=O) groups is 2. The molecular formula is C20H16N2O2. The normalized spacial score (nSPS) is 10.0. The second kappa shape index (κ2) is 7.24. The Kier molecular flexibility index (Phi) is 4.68. The maximum atomic E-state index is 11.5. The molecule has 0 heterocycles. The van der Waals surface area contributed by atoms with Gasteiger partial charge in [0, 0.05) is 22.5 Å². The lowest BCUT2D eigenvalue weighted by molar-refractivity contribution is 0.111. The fourth-order valence-corrected chi connectivity index (χ4v) is 2.43. The largest absolute Gasteiger partial charge is 0.353 e. The zero-order valence-corrected chi connectivity index (χ0v) is 12.9. The van der Waals surface area contributed by atoms with Crippen molar-refractivity contribution in [1.82, 2.24) is 0 Å². The lowest BCUT2D eigenvalue weighted by Crippen LogP contribution is -2.04. The number of carbonyl (C=O) groups excluding carboxylic acids is 2. The first-order chi connectivity index (χ1) is 11.8. The fraction of sp³-hybridized carbons (Fsp3) is 0. The molecule has 0 aromatic heterocycles. The highest BCUT2D eigenvalue weighted by atomic mass is 16.1. The molecule has 4 heteroatoms. The number of aldehydes is 2. The Morgan fingerprint density at radius 2 is 0.917 bits per heavy atom. The van der Waals surface area contributed by atoms with Gasteiger partial charge in [0.15, 0.2) is 12.6 Å². The molecule has 24 heavy (non-hydrogen) atoms. The summed E-state index contributed by atoms with van der Waals surface area (Å²) in [6, 6.07) is 22.3. The number of rotatable bonds is 6. The van der Waals surface area contributed by atoms with Gasteiger partial charge in [-0.25, -0.2) is 0 Å². The maximum absolute atomic E-state index is 11.5. The minimum atomic E-state index is 0.475. The van der Waals surface area contributed by atoms with Crippen molar-refractivity contribution in [2.24, 2.45) is 0 Å². The predicted octanol–water partition coefficient (Wildman–Crippen LogP) is 4.80.